The number of hydrogen-bond donors (Lipinski definition) is 2. The van der Waals surface area contributed by atoms with E-state index in [1.54, 1.807) is 18.2 Å². The van der Waals surface area contributed by atoms with Gasteiger partial charge in [0.1, 0.15) is 11.6 Å². The van der Waals surface area contributed by atoms with Crippen molar-refractivity contribution in [1.29, 1.82) is 0 Å². The molecule has 1 heterocycles. The van der Waals surface area contributed by atoms with Crippen LogP contribution in [0.2, 0.25) is 0 Å². The number of aromatic nitrogens is 1. The second kappa shape index (κ2) is 6.63. The van der Waals surface area contributed by atoms with Crippen molar-refractivity contribution in [2.24, 2.45) is 5.73 Å². The average molecular weight is 275 g/mol. The summed E-state index contributed by atoms with van der Waals surface area (Å²) < 4.78 is 18.2. The van der Waals surface area contributed by atoms with Crippen molar-refractivity contribution >= 4 is 11.6 Å². The van der Waals surface area contributed by atoms with E-state index in [4.69, 9.17) is 10.5 Å². The molecular weight excluding hydrogens is 261 g/mol. The molecule has 20 heavy (non-hydrogen) atoms. The zero-order valence-electron chi connectivity index (χ0n) is 10.7. The number of ether oxygens (including phenoxy) is 1. The van der Waals surface area contributed by atoms with Gasteiger partial charge in [-0.25, -0.2) is 4.39 Å². The Labute approximate surface area is 115 Å². The molecule has 0 aliphatic heterocycles. The summed E-state index contributed by atoms with van der Waals surface area (Å²) in [5.41, 5.74) is 6.54. The quantitative estimate of drug-likeness (QED) is 0.870. The van der Waals surface area contributed by atoms with Gasteiger partial charge in [-0.15, -0.1) is 0 Å². The maximum atomic E-state index is 12.9. The van der Waals surface area contributed by atoms with Crippen LogP contribution in [0, 0.1) is 5.82 Å². The summed E-state index contributed by atoms with van der Waals surface area (Å²) in [7, 11) is 0. The van der Waals surface area contributed by atoms with Crippen LogP contribution >= 0.6 is 0 Å². The summed E-state index contributed by atoms with van der Waals surface area (Å²) in [6.07, 6.45) is 1.50. The van der Waals surface area contributed by atoms with Crippen molar-refractivity contribution in [3.63, 3.8) is 0 Å². The monoisotopic (exact) mass is 275 g/mol. The lowest BCUT2D eigenvalue weighted by Gasteiger charge is -2.07. The summed E-state index contributed by atoms with van der Waals surface area (Å²) in [6.45, 7) is 0.167. The smallest absolute Gasteiger partial charge is 0.262 e. The molecule has 0 saturated heterocycles. The van der Waals surface area contributed by atoms with Crippen molar-refractivity contribution in [3.05, 3.63) is 54.1 Å². The van der Waals surface area contributed by atoms with E-state index in [0.29, 0.717) is 18.0 Å². The topological polar surface area (TPSA) is 77.2 Å². The van der Waals surface area contributed by atoms with Gasteiger partial charge < -0.3 is 15.8 Å². The molecule has 0 aliphatic carbocycles. The molecule has 5 nitrogen and oxygen atoms in total. The molecule has 104 valence electrons. The molecule has 0 radical (unpaired) electrons. The van der Waals surface area contributed by atoms with Gasteiger partial charge in [-0.3, -0.25) is 9.78 Å². The first-order valence-electron chi connectivity index (χ1n) is 6.00. The highest BCUT2D eigenvalue weighted by Crippen LogP contribution is 2.11. The van der Waals surface area contributed by atoms with E-state index >= 15 is 0 Å². The van der Waals surface area contributed by atoms with E-state index in [0.717, 1.165) is 5.69 Å². The van der Waals surface area contributed by atoms with E-state index in [1.165, 1.54) is 24.4 Å². The van der Waals surface area contributed by atoms with Crippen LogP contribution in [0.15, 0.2) is 42.6 Å². The van der Waals surface area contributed by atoms with E-state index < -0.39 is 5.82 Å². The Morgan fingerprint density at radius 1 is 1.35 bits per heavy atom. The summed E-state index contributed by atoms with van der Waals surface area (Å²) in [6, 6.07) is 9.05. The van der Waals surface area contributed by atoms with Crippen molar-refractivity contribution in [2.45, 2.75) is 6.54 Å². The van der Waals surface area contributed by atoms with Crippen LogP contribution in [-0.2, 0) is 11.3 Å². The minimum Gasteiger partial charge on any atom is -0.482 e. The number of carbonyl (C=O) groups excluding carboxylic acids is 1. The SMILES string of the molecule is NCc1ccc(OCC(=O)Nc2cccc(F)c2)cn1. The molecule has 1 aromatic carbocycles. The number of amides is 1. The number of carbonyl (C=O) groups is 1. The third-order valence-corrected chi connectivity index (χ3v) is 2.49. The lowest BCUT2D eigenvalue weighted by atomic mass is 10.3. The van der Waals surface area contributed by atoms with Gasteiger partial charge in [0.2, 0.25) is 0 Å². The maximum Gasteiger partial charge on any atom is 0.262 e. The van der Waals surface area contributed by atoms with Gasteiger partial charge in [0.15, 0.2) is 6.61 Å². The molecule has 1 aromatic heterocycles. The highest BCUT2D eigenvalue weighted by Gasteiger charge is 2.04. The maximum absolute atomic E-state index is 12.9. The fraction of sp³-hybridized carbons (Fsp3) is 0.143. The summed E-state index contributed by atoms with van der Waals surface area (Å²) in [5, 5.41) is 2.53. The number of benzene rings is 1. The number of anilines is 1. The number of nitrogens with two attached hydrogens (primary N) is 1. The molecule has 0 fully saturated rings. The minimum atomic E-state index is -0.412. The summed E-state index contributed by atoms with van der Waals surface area (Å²) in [5.74, 6) is -0.319. The molecule has 0 atom stereocenters. The number of pyridine rings is 1. The van der Waals surface area contributed by atoms with E-state index in [2.05, 4.69) is 10.3 Å². The molecule has 2 rings (SSSR count). The first-order valence-corrected chi connectivity index (χ1v) is 6.00. The van der Waals surface area contributed by atoms with Crippen LogP contribution in [0.3, 0.4) is 0 Å². The minimum absolute atomic E-state index is 0.180. The van der Waals surface area contributed by atoms with E-state index in [9.17, 15) is 9.18 Å². The molecule has 0 aliphatic rings. The molecule has 6 heteroatoms. The van der Waals surface area contributed by atoms with Gasteiger partial charge in [0.05, 0.1) is 11.9 Å². The van der Waals surface area contributed by atoms with Crippen LogP contribution < -0.4 is 15.8 Å². The normalized spacial score (nSPS) is 10.1. The lowest BCUT2D eigenvalue weighted by Crippen LogP contribution is -2.20. The molecule has 0 bridgehead atoms. The molecule has 2 aromatic rings. The number of hydrogen-bond acceptors (Lipinski definition) is 4. The molecule has 0 unspecified atom stereocenters. The second-order valence-electron chi connectivity index (χ2n) is 4.04. The summed E-state index contributed by atoms with van der Waals surface area (Å²) in [4.78, 5) is 15.7. The number of rotatable bonds is 5. The standard InChI is InChI=1S/C14H14FN3O2/c15-10-2-1-3-11(6-10)18-14(19)9-20-13-5-4-12(7-16)17-8-13/h1-6,8H,7,9,16H2,(H,18,19). The van der Waals surface area contributed by atoms with Gasteiger partial charge in [-0.1, -0.05) is 6.07 Å². The van der Waals surface area contributed by atoms with Gasteiger partial charge >= 0.3 is 0 Å². The fourth-order valence-electron chi connectivity index (χ4n) is 1.53. The Hall–Kier alpha value is -2.47. The van der Waals surface area contributed by atoms with Crippen molar-refractivity contribution in [1.82, 2.24) is 4.98 Å². The molecule has 0 saturated carbocycles. The Kier molecular flexibility index (Phi) is 4.62. The van der Waals surface area contributed by atoms with E-state index in [-0.39, 0.29) is 12.5 Å². The highest BCUT2D eigenvalue weighted by molar-refractivity contribution is 5.91. The Morgan fingerprint density at radius 3 is 2.85 bits per heavy atom. The van der Waals surface area contributed by atoms with Crippen LogP contribution in [0.1, 0.15) is 5.69 Å². The van der Waals surface area contributed by atoms with Gasteiger partial charge in [0, 0.05) is 12.2 Å². The molecular formula is C14H14FN3O2. The van der Waals surface area contributed by atoms with Crippen LogP contribution in [-0.4, -0.2) is 17.5 Å². The predicted octanol–water partition coefficient (Wildman–Crippen LogP) is 1.70. The van der Waals surface area contributed by atoms with E-state index in [1.807, 2.05) is 0 Å². The highest BCUT2D eigenvalue weighted by atomic mass is 19.1. The van der Waals surface area contributed by atoms with Crippen molar-refractivity contribution in [2.75, 3.05) is 11.9 Å². The predicted molar refractivity (Wildman–Crippen MR) is 72.7 cm³/mol. The fourth-order valence-corrected chi connectivity index (χ4v) is 1.53. The first kappa shape index (κ1) is 14.0. The van der Waals surface area contributed by atoms with Gasteiger partial charge in [0.25, 0.3) is 5.91 Å². The third-order valence-electron chi connectivity index (χ3n) is 2.49. The van der Waals surface area contributed by atoms with Crippen LogP contribution in [0.4, 0.5) is 10.1 Å². The molecule has 3 N–H and O–H groups in total. The number of nitrogens with one attached hydrogen (secondary N) is 1. The third kappa shape index (κ3) is 4.03. The van der Waals surface area contributed by atoms with Gasteiger partial charge in [-0.2, -0.15) is 0 Å². The number of halogens is 1. The van der Waals surface area contributed by atoms with Crippen LogP contribution in [0.5, 0.6) is 5.75 Å². The Bertz CT molecular complexity index is 587. The largest absolute Gasteiger partial charge is 0.482 e. The Balaban J connectivity index is 1.85. The van der Waals surface area contributed by atoms with Crippen LogP contribution in [0.25, 0.3) is 0 Å². The summed E-state index contributed by atoms with van der Waals surface area (Å²) >= 11 is 0. The second-order valence-corrected chi connectivity index (χ2v) is 4.04. The van der Waals surface area contributed by atoms with Crippen molar-refractivity contribution in [3.8, 4) is 5.75 Å². The number of nitrogens with zero attached hydrogens (tertiary/aromatic N) is 1. The molecule has 0 spiro atoms. The average Bonchev–Trinajstić information content (AvgIpc) is 2.46. The Morgan fingerprint density at radius 2 is 2.20 bits per heavy atom. The zero-order chi connectivity index (χ0) is 14.4. The van der Waals surface area contributed by atoms with Gasteiger partial charge in [-0.05, 0) is 30.3 Å². The first-order chi connectivity index (χ1) is 9.67. The van der Waals surface area contributed by atoms with Crippen molar-refractivity contribution < 1.29 is 13.9 Å². The lowest BCUT2D eigenvalue weighted by molar-refractivity contribution is -0.118. The zero-order valence-corrected chi connectivity index (χ0v) is 10.7. The molecule has 1 amide bonds.